The lowest BCUT2D eigenvalue weighted by atomic mass is 9.66. The second-order valence-corrected chi connectivity index (χ2v) is 7.79. The van der Waals surface area contributed by atoms with Crippen LogP contribution < -0.4 is 0 Å². The molecule has 0 nitrogen and oxygen atoms in total. The summed E-state index contributed by atoms with van der Waals surface area (Å²) in [5, 5.41) is 0. The van der Waals surface area contributed by atoms with Gasteiger partial charge in [-0.1, -0.05) is 127 Å². The maximum atomic E-state index is 2.30. The van der Waals surface area contributed by atoms with E-state index in [9.17, 15) is 0 Å². The van der Waals surface area contributed by atoms with E-state index in [2.05, 4.69) is 134 Å². The van der Waals surface area contributed by atoms with Crippen LogP contribution in [0.15, 0.2) is 127 Å². The number of fused-ring (bicyclic) bond motifs is 3. The second-order valence-electron chi connectivity index (χ2n) is 7.79. The molecule has 0 fully saturated rings. The third-order valence-electron chi connectivity index (χ3n) is 6.15. The number of hydrogen-bond acceptors (Lipinski definition) is 0. The molecular weight excluding hydrogens is 360 g/mol. The van der Waals surface area contributed by atoms with Gasteiger partial charge in [0.2, 0.25) is 0 Å². The van der Waals surface area contributed by atoms with Crippen LogP contribution in [0.2, 0.25) is 0 Å². The van der Waals surface area contributed by atoms with E-state index in [0.29, 0.717) is 0 Å². The summed E-state index contributed by atoms with van der Waals surface area (Å²) < 4.78 is 0. The van der Waals surface area contributed by atoms with Gasteiger partial charge in [0.15, 0.2) is 0 Å². The molecule has 1 atom stereocenters. The van der Waals surface area contributed by atoms with Crippen LogP contribution in [0.1, 0.15) is 27.8 Å². The molecule has 5 rings (SSSR count). The fourth-order valence-corrected chi connectivity index (χ4v) is 4.93. The minimum Gasteiger partial charge on any atom is -0.0623 e. The molecule has 0 aliphatic heterocycles. The largest absolute Gasteiger partial charge is 0.0716 e. The van der Waals surface area contributed by atoms with Crippen LogP contribution in [0.25, 0.3) is 11.1 Å². The molecule has 0 amide bonds. The van der Waals surface area contributed by atoms with Gasteiger partial charge in [0.1, 0.15) is 0 Å². The Morgan fingerprint density at radius 3 is 1.43 bits per heavy atom. The molecule has 1 aliphatic rings. The average molecular weight is 385 g/mol. The molecule has 30 heavy (non-hydrogen) atoms. The van der Waals surface area contributed by atoms with Crippen LogP contribution in [0, 0.1) is 6.92 Å². The topological polar surface area (TPSA) is 0 Å². The van der Waals surface area contributed by atoms with Gasteiger partial charge in [0.25, 0.3) is 0 Å². The van der Waals surface area contributed by atoms with Crippen molar-refractivity contribution in [1.82, 2.24) is 0 Å². The first-order valence-electron chi connectivity index (χ1n) is 10.5. The van der Waals surface area contributed by atoms with E-state index in [0.717, 1.165) is 0 Å². The summed E-state index contributed by atoms with van der Waals surface area (Å²) in [4.78, 5) is 0. The van der Waals surface area contributed by atoms with Crippen molar-refractivity contribution in [3.8, 4) is 11.1 Å². The molecule has 0 radical (unpaired) electrons. The summed E-state index contributed by atoms with van der Waals surface area (Å²) in [6, 6.07) is 45.9. The average Bonchev–Trinajstić information content (AvgIpc) is 3.08. The first kappa shape index (κ1) is 18.4. The minimum atomic E-state index is -0.351. The molecule has 4 aromatic carbocycles. The summed E-state index contributed by atoms with van der Waals surface area (Å²) in [6.07, 6.45) is 0. The van der Waals surface area contributed by atoms with Crippen molar-refractivity contribution in [2.24, 2.45) is 0 Å². The molecule has 0 heterocycles. The van der Waals surface area contributed by atoms with E-state index in [-0.39, 0.29) is 5.41 Å². The zero-order valence-corrected chi connectivity index (χ0v) is 17.1. The number of rotatable bonds is 2. The van der Waals surface area contributed by atoms with Gasteiger partial charge in [-0.3, -0.25) is 0 Å². The number of benzene rings is 3. The smallest absolute Gasteiger partial charge is 0.0623 e. The van der Waals surface area contributed by atoms with Crippen LogP contribution in [-0.2, 0) is 5.41 Å². The highest BCUT2D eigenvalue weighted by Crippen LogP contribution is 2.56. The van der Waals surface area contributed by atoms with Crippen molar-refractivity contribution < 1.29 is 0 Å². The van der Waals surface area contributed by atoms with Gasteiger partial charge < -0.3 is 0 Å². The quantitative estimate of drug-likeness (QED) is 0.296. The predicted molar refractivity (Wildman–Crippen MR) is 126 cm³/mol. The van der Waals surface area contributed by atoms with Gasteiger partial charge in [-0.2, -0.15) is 0 Å². The SMILES string of the molecule is Cc1ccccc1C1(c2ccccc2)c2ccccccccc2-c2ccccc21. The van der Waals surface area contributed by atoms with E-state index in [1.54, 1.807) is 0 Å². The Balaban J connectivity index is 2.02. The van der Waals surface area contributed by atoms with E-state index in [1.807, 2.05) is 0 Å². The van der Waals surface area contributed by atoms with E-state index in [4.69, 9.17) is 0 Å². The summed E-state index contributed by atoms with van der Waals surface area (Å²) in [6.45, 7) is 2.23. The molecule has 0 spiro atoms. The molecule has 0 bridgehead atoms. The maximum Gasteiger partial charge on any atom is 0.0716 e. The fourth-order valence-electron chi connectivity index (χ4n) is 4.93. The van der Waals surface area contributed by atoms with Crippen molar-refractivity contribution in [3.05, 3.63) is 155 Å². The number of aryl methyl sites for hydroxylation is 1. The van der Waals surface area contributed by atoms with E-state index >= 15 is 0 Å². The lowest BCUT2D eigenvalue weighted by Crippen LogP contribution is -2.29. The molecule has 0 saturated heterocycles. The van der Waals surface area contributed by atoms with E-state index < -0.39 is 0 Å². The van der Waals surface area contributed by atoms with Gasteiger partial charge >= 0.3 is 0 Å². The fraction of sp³-hybridized carbons (Fsp3) is 0.0667. The van der Waals surface area contributed by atoms with Crippen molar-refractivity contribution in [3.63, 3.8) is 0 Å². The van der Waals surface area contributed by atoms with Gasteiger partial charge in [0.05, 0.1) is 5.41 Å². The van der Waals surface area contributed by atoms with Crippen LogP contribution in [0.5, 0.6) is 0 Å². The molecule has 144 valence electrons. The Morgan fingerprint density at radius 2 is 0.800 bits per heavy atom. The Morgan fingerprint density at radius 1 is 0.400 bits per heavy atom. The molecule has 0 heteroatoms. The summed E-state index contributed by atoms with van der Waals surface area (Å²) >= 11 is 0. The second kappa shape index (κ2) is 7.65. The lowest BCUT2D eigenvalue weighted by Gasteiger charge is -2.34. The highest BCUT2D eigenvalue weighted by Gasteiger charge is 2.46. The lowest BCUT2D eigenvalue weighted by molar-refractivity contribution is 0.761. The standard InChI is InChI=1S/C30H24/c1-23-15-11-13-20-27(23)30(24-16-7-6-8-17-24)28-21-10-5-3-2-4-9-18-25(28)26-19-12-14-22-29(26)30/h2-22H,1H3. The highest BCUT2D eigenvalue weighted by molar-refractivity contribution is 5.86. The van der Waals surface area contributed by atoms with Gasteiger partial charge in [0, 0.05) is 0 Å². The first-order valence-corrected chi connectivity index (χ1v) is 10.5. The summed E-state index contributed by atoms with van der Waals surface area (Å²) in [5.74, 6) is 0. The molecule has 0 aromatic heterocycles. The molecule has 1 aliphatic carbocycles. The van der Waals surface area contributed by atoms with Gasteiger partial charge in [-0.15, -0.1) is 0 Å². The van der Waals surface area contributed by atoms with Crippen molar-refractivity contribution in [2.45, 2.75) is 12.3 Å². The molecule has 0 N–H and O–H groups in total. The zero-order chi connectivity index (χ0) is 20.4. The van der Waals surface area contributed by atoms with Gasteiger partial charge in [-0.05, 0) is 45.9 Å². The maximum absolute atomic E-state index is 2.30. The third kappa shape index (κ3) is 2.76. The van der Waals surface area contributed by atoms with E-state index in [1.165, 1.54) is 38.9 Å². The Bertz CT molecular complexity index is 1250. The van der Waals surface area contributed by atoms with Crippen LogP contribution >= 0.6 is 0 Å². The summed E-state index contributed by atoms with van der Waals surface area (Å²) in [5.41, 5.74) is 8.84. The zero-order valence-electron chi connectivity index (χ0n) is 17.1. The van der Waals surface area contributed by atoms with Crippen molar-refractivity contribution in [2.75, 3.05) is 0 Å². The Hall–Kier alpha value is -3.64. The van der Waals surface area contributed by atoms with Crippen LogP contribution in [-0.4, -0.2) is 0 Å². The van der Waals surface area contributed by atoms with Crippen LogP contribution in [0.4, 0.5) is 0 Å². The van der Waals surface area contributed by atoms with Crippen molar-refractivity contribution >= 4 is 0 Å². The molecular formula is C30H24. The third-order valence-corrected chi connectivity index (χ3v) is 6.15. The van der Waals surface area contributed by atoms with Crippen LogP contribution in [0.3, 0.4) is 0 Å². The normalized spacial score (nSPS) is 16.3. The van der Waals surface area contributed by atoms with Gasteiger partial charge in [-0.25, -0.2) is 0 Å². The summed E-state index contributed by atoms with van der Waals surface area (Å²) in [7, 11) is 0. The molecule has 0 saturated carbocycles. The minimum absolute atomic E-state index is 0.351. The Kier molecular flexibility index (Phi) is 4.69. The molecule has 1 unspecified atom stereocenters. The monoisotopic (exact) mass is 384 g/mol. The molecule has 4 aromatic rings. The highest BCUT2D eigenvalue weighted by atomic mass is 14.5. The predicted octanol–water partition coefficient (Wildman–Crippen LogP) is 7.48. The Labute approximate surface area is 178 Å². The number of hydrogen-bond donors (Lipinski definition) is 0. The first-order chi connectivity index (χ1) is 14.8. The van der Waals surface area contributed by atoms with Crippen molar-refractivity contribution in [1.29, 1.82) is 0 Å².